The number of aromatic nitrogens is 1. The maximum absolute atomic E-state index is 13.3. The predicted molar refractivity (Wildman–Crippen MR) is 142 cm³/mol. The van der Waals surface area contributed by atoms with Gasteiger partial charge in [-0.3, -0.25) is 19.1 Å². The van der Waals surface area contributed by atoms with E-state index in [2.05, 4.69) is 15.9 Å². The van der Waals surface area contributed by atoms with Crippen molar-refractivity contribution in [1.82, 2.24) is 9.47 Å². The lowest BCUT2D eigenvalue weighted by molar-refractivity contribution is -0.121. The Kier molecular flexibility index (Phi) is 7.28. The van der Waals surface area contributed by atoms with Gasteiger partial charge < -0.3 is 9.80 Å². The molecule has 35 heavy (non-hydrogen) atoms. The molecule has 0 spiro atoms. The standard InChI is InChI=1S/C25H26FN5O2S2/c1-4-30-22(29-12-10-28(11-13-29)18-8-6-17(26)7-9-18)19(16(3)20(15-27)23(30)32)14-21-24(33)31(5-2)25(34)35-21/h6-9,14H,4-5,10-13H2,1-3H3/b21-14-. The average Bonchev–Trinajstić information content (AvgIpc) is 3.13. The lowest BCUT2D eigenvalue weighted by atomic mass is 10.0. The molecule has 10 heteroatoms. The fourth-order valence-electron chi connectivity index (χ4n) is 4.51. The van der Waals surface area contributed by atoms with Crippen LogP contribution >= 0.6 is 24.0 Å². The molecule has 4 rings (SSSR count). The van der Waals surface area contributed by atoms with Crippen LogP contribution in [0.3, 0.4) is 0 Å². The van der Waals surface area contributed by atoms with Crippen molar-refractivity contribution in [1.29, 1.82) is 5.26 Å². The zero-order valence-corrected chi connectivity index (χ0v) is 21.5. The molecule has 0 atom stereocenters. The SMILES string of the molecule is CCN1C(=O)/C(=C/c2c(C)c(C#N)c(=O)n(CC)c2N2CCN(c3ccc(F)cc3)CC2)SC1=S. The molecule has 1 aromatic heterocycles. The van der Waals surface area contributed by atoms with Gasteiger partial charge >= 0.3 is 0 Å². The van der Waals surface area contributed by atoms with E-state index in [4.69, 9.17) is 12.2 Å². The van der Waals surface area contributed by atoms with Crippen LogP contribution in [-0.4, -0.2) is 52.4 Å². The van der Waals surface area contributed by atoms with Crippen LogP contribution in [0.25, 0.3) is 6.08 Å². The molecule has 2 saturated heterocycles. The first kappa shape index (κ1) is 24.9. The zero-order chi connectivity index (χ0) is 25.3. The van der Waals surface area contributed by atoms with Gasteiger partial charge in [-0.15, -0.1) is 0 Å². The number of hydrogen-bond acceptors (Lipinski definition) is 7. The second-order valence-electron chi connectivity index (χ2n) is 8.27. The van der Waals surface area contributed by atoms with Crippen molar-refractivity contribution in [3.05, 3.63) is 62.0 Å². The Labute approximate surface area is 213 Å². The van der Waals surface area contributed by atoms with E-state index in [1.165, 1.54) is 23.9 Å². The molecule has 0 N–H and O–H groups in total. The normalized spacial score (nSPS) is 17.5. The number of piperazine rings is 1. The number of nitrogens with zero attached hydrogens (tertiary/aromatic N) is 5. The first-order valence-electron chi connectivity index (χ1n) is 11.5. The molecule has 3 heterocycles. The van der Waals surface area contributed by atoms with E-state index >= 15 is 0 Å². The van der Waals surface area contributed by atoms with Crippen molar-refractivity contribution >= 4 is 51.8 Å². The largest absolute Gasteiger partial charge is 0.368 e. The van der Waals surface area contributed by atoms with Gasteiger partial charge in [-0.2, -0.15) is 5.26 Å². The van der Waals surface area contributed by atoms with Crippen molar-refractivity contribution in [3.63, 3.8) is 0 Å². The van der Waals surface area contributed by atoms with Crippen molar-refractivity contribution < 1.29 is 9.18 Å². The fourth-order valence-corrected chi connectivity index (χ4v) is 5.88. The smallest absolute Gasteiger partial charge is 0.270 e. The van der Waals surface area contributed by atoms with Gasteiger partial charge in [-0.1, -0.05) is 24.0 Å². The van der Waals surface area contributed by atoms with Gasteiger partial charge in [0.15, 0.2) is 0 Å². The number of likely N-dealkylation sites (N-methyl/N-ethyl adjacent to an activating group) is 1. The number of carbonyl (C=O) groups is 1. The number of anilines is 2. The molecule has 0 radical (unpaired) electrons. The minimum Gasteiger partial charge on any atom is -0.368 e. The molecular formula is C25H26FN5O2S2. The van der Waals surface area contributed by atoms with Crippen molar-refractivity contribution in [2.75, 3.05) is 42.5 Å². The van der Waals surface area contributed by atoms with Crippen LogP contribution in [0.1, 0.15) is 30.5 Å². The molecule has 0 unspecified atom stereocenters. The lowest BCUT2D eigenvalue weighted by Gasteiger charge is -2.39. The predicted octanol–water partition coefficient (Wildman–Crippen LogP) is 3.74. The van der Waals surface area contributed by atoms with E-state index in [-0.39, 0.29) is 22.8 Å². The average molecular weight is 512 g/mol. The number of thioether (sulfide) groups is 1. The molecule has 0 saturated carbocycles. The second-order valence-corrected chi connectivity index (χ2v) is 9.95. The number of thiocarbonyl (C=S) groups is 1. The molecule has 0 bridgehead atoms. The highest BCUT2D eigenvalue weighted by molar-refractivity contribution is 8.26. The second kappa shape index (κ2) is 10.2. The maximum atomic E-state index is 13.3. The van der Waals surface area contributed by atoms with Gasteiger partial charge in [0.25, 0.3) is 11.5 Å². The van der Waals surface area contributed by atoms with Gasteiger partial charge in [0.05, 0.1) is 4.91 Å². The number of amides is 1. The minimum atomic E-state index is -0.332. The summed E-state index contributed by atoms with van der Waals surface area (Å²) in [6.45, 7) is 8.98. The quantitative estimate of drug-likeness (QED) is 0.447. The highest BCUT2D eigenvalue weighted by Gasteiger charge is 2.32. The monoisotopic (exact) mass is 511 g/mol. The summed E-state index contributed by atoms with van der Waals surface area (Å²) in [4.78, 5) is 32.4. The zero-order valence-electron chi connectivity index (χ0n) is 19.9. The molecule has 2 aliphatic heterocycles. The van der Waals surface area contributed by atoms with E-state index < -0.39 is 0 Å². The van der Waals surface area contributed by atoms with Crippen LogP contribution in [0.5, 0.6) is 0 Å². The maximum Gasteiger partial charge on any atom is 0.270 e. The highest BCUT2D eigenvalue weighted by atomic mass is 32.2. The third kappa shape index (κ3) is 4.58. The number of rotatable bonds is 5. The third-order valence-electron chi connectivity index (χ3n) is 6.40. The Hall–Kier alpha value is -3.16. The van der Waals surface area contributed by atoms with Crippen LogP contribution in [0.15, 0.2) is 34.0 Å². The Balaban J connectivity index is 1.77. The third-order valence-corrected chi connectivity index (χ3v) is 7.78. The van der Waals surface area contributed by atoms with Gasteiger partial charge in [0.2, 0.25) is 0 Å². The number of carbonyl (C=O) groups excluding carboxylic acids is 1. The van der Waals surface area contributed by atoms with Crippen LogP contribution in [0.2, 0.25) is 0 Å². The lowest BCUT2D eigenvalue weighted by Crippen LogP contribution is -2.48. The van der Waals surface area contributed by atoms with E-state index in [1.54, 1.807) is 34.6 Å². The van der Waals surface area contributed by atoms with E-state index in [0.717, 1.165) is 5.69 Å². The van der Waals surface area contributed by atoms with Crippen LogP contribution < -0.4 is 15.4 Å². The summed E-state index contributed by atoms with van der Waals surface area (Å²) in [6.07, 6.45) is 1.78. The molecule has 182 valence electrons. The first-order valence-corrected chi connectivity index (χ1v) is 12.7. The Bertz CT molecular complexity index is 1310. The van der Waals surface area contributed by atoms with E-state index in [9.17, 15) is 19.2 Å². The van der Waals surface area contributed by atoms with Crippen LogP contribution in [-0.2, 0) is 11.3 Å². The number of benzene rings is 1. The summed E-state index contributed by atoms with van der Waals surface area (Å²) >= 11 is 6.60. The summed E-state index contributed by atoms with van der Waals surface area (Å²) in [5.41, 5.74) is 1.94. The minimum absolute atomic E-state index is 0.0813. The van der Waals surface area contributed by atoms with E-state index in [0.29, 0.717) is 65.4 Å². The Morgan fingerprint density at radius 2 is 1.71 bits per heavy atom. The summed E-state index contributed by atoms with van der Waals surface area (Å²) < 4.78 is 15.5. The molecular weight excluding hydrogens is 485 g/mol. The topological polar surface area (TPSA) is 72.6 Å². The van der Waals surface area contributed by atoms with Gasteiger partial charge in [-0.05, 0) is 56.7 Å². The fraction of sp³-hybridized carbons (Fsp3) is 0.360. The molecule has 7 nitrogen and oxygen atoms in total. The van der Waals surface area contributed by atoms with Gasteiger partial charge in [-0.25, -0.2) is 4.39 Å². The number of nitriles is 1. The van der Waals surface area contributed by atoms with Crippen molar-refractivity contribution in [2.45, 2.75) is 27.3 Å². The highest BCUT2D eigenvalue weighted by Crippen LogP contribution is 2.36. The van der Waals surface area contributed by atoms with Crippen LogP contribution in [0.4, 0.5) is 15.9 Å². The summed E-state index contributed by atoms with van der Waals surface area (Å²) in [7, 11) is 0. The molecule has 2 fully saturated rings. The molecule has 2 aliphatic rings. The number of hydrogen-bond donors (Lipinski definition) is 0. The van der Waals surface area contributed by atoms with Crippen LogP contribution in [0, 0.1) is 24.1 Å². The van der Waals surface area contributed by atoms with Crippen molar-refractivity contribution in [3.8, 4) is 6.07 Å². The Morgan fingerprint density at radius 3 is 2.26 bits per heavy atom. The summed E-state index contributed by atoms with van der Waals surface area (Å²) in [5.74, 6) is 0.266. The molecule has 1 aromatic carbocycles. The molecule has 0 aliphatic carbocycles. The number of pyridine rings is 1. The van der Waals surface area contributed by atoms with Gasteiger partial charge in [0.1, 0.15) is 27.6 Å². The number of halogens is 1. The molecule has 1 amide bonds. The first-order chi connectivity index (χ1) is 16.8. The Morgan fingerprint density at radius 1 is 1.09 bits per heavy atom. The van der Waals surface area contributed by atoms with Crippen molar-refractivity contribution in [2.24, 2.45) is 0 Å². The van der Waals surface area contributed by atoms with E-state index in [1.807, 2.05) is 13.8 Å². The summed E-state index contributed by atoms with van der Waals surface area (Å²) in [5, 5.41) is 9.73. The molecule has 2 aromatic rings. The summed E-state index contributed by atoms with van der Waals surface area (Å²) in [6, 6.07) is 8.49. The van der Waals surface area contributed by atoms with Gasteiger partial charge in [0, 0.05) is 50.5 Å².